The van der Waals surface area contributed by atoms with Crippen molar-refractivity contribution in [2.45, 2.75) is 39.0 Å². The molecule has 1 aliphatic rings. The van der Waals surface area contributed by atoms with Gasteiger partial charge in [0.05, 0.1) is 11.8 Å². The molecule has 0 aromatic heterocycles. The predicted molar refractivity (Wildman–Crippen MR) is 87.1 cm³/mol. The first-order valence-electron chi connectivity index (χ1n) is 7.95. The van der Waals surface area contributed by atoms with Gasteiger partial charge in [-0.05, 0) is 31.0 Å². The van der Waals surface area contributed by atoms with E-state index in [1.807, 2.05) is 0 Å². The molecule has 0 radical (unpaired) electrons. The zero-order valence-electron chi connectivity index (χ0n) is 13.2. The SMILES string of the molecule is CCC(=O)Nc1cccc(NC(=O)[C@@H]2CCCC[C@H]2C(=O)O)c1. The van der Waals surface area contributed by atoms with Gasteiger partial charge in [-0.1, -0.05) is 25.8 Å². The van der Waals surface area contributed by atoms with Crippen molar-refractivity contribution >= 4 is 29.2 Å². The number of anilines is 2. The van der Waals surface area contributed by atoms with Gasteiger partial charge in [-0.3, -0.25) is 14.4 Å². The molecule has 3 N–H and O–H groups in total. The maximum Gasteiger partial charge on any atom is 0.307 e. The zero-order valence-corrected chi connectivity index (χ0v) is 13.2. The quantitative estimate of drug-likeness (QED) is 0.778. The lowest BCUT2D eigenvalue weighted by atomic mass is 9.78. The second kappa shape index (κ2) is 7.76. The molecule has 0 aliphatic heterocycles. The second-order valence-electron chi connectivity index (χ2n) is 5.81. The van der Waals surface area contributed by atoms with E-state index in [1.54, 1.807) is 31.2 Å². The van der Waals surface area contributed by atoms with Crippen molar-refractivity contribution in [3.63, 3.8) is 0 Å². The summed E-state index contributed by atoms with van der Waals surface area (Å²) in [4.78, 5) is 35.1. The van der Waals surface area contributed by atoms with Gasteiger partial charge in [-0.25, -0.2) is 0 Å². The molecule has 0 spiro atoms. The lowest BCUT2D eigenvalue weighted by Gasteiger charge is -2.27. The highest BCUT2D eigenvalue weighted by atomic mass is 16.4. The lowest BCUT2D eigenvalue weighted by molar-refractivity contribution is -0.147. The lowest BCUT2D eigenvalue weighted by Crippen LogP contribution is -2.36. The van der Waals surface area contributed by atoms with Crippen LogP contribution in [0, 0.1) is 11.8 Å². The van der Waals surface area contributed by atoms with E-state index in [2.05, 4.69) is 10.6 Å². The molecule has 2 rings (SSSR count). The van der Waals surface area contributed by atoms with E-state index in [1.165, 1.54) is 0 Å². The van der Waals surface area contributed by atoms with Gasteiger partial charge < -0.3 is 15.7 Å². The molecule has 124 valence electrons. The molecule has 1 aromatic rings. The van der Waals surface area contributed by atoms with Gasteiger partial charge in [-0.15, -0.1) is 0 Å². The van der Waals surface area contributed by atoms with Crippen molar-refractivity contribution < 1.29 is 19.5 Å². The Hall–Kier alpha value is -2.37. The highest BCUT2D eigenvalue weighted by Gasteiger charge is 2.35. The summed E-state index contributed by atoms with van der Waals surface area (Å²) in [6, 6.07) is 6.86. The van der Waals surface area contributed by atoms with Gasteiger partial charge in [0.2, 0.25) is 11.8 Å². The minimum Gasteiger partial charge on any atom is -0.481 e. The van der Waals surface area contributed by atoms with Gasteiger partial charge in [0.25, 0.3) is 0 Å². The number of hydrogen-bond acceptors (Lipinski definition) is 3. The van der Waals surface area contributed by atoms with Crippen LogP contribution in [0.25, 0.3) is 0 Å². The molecule has 6 heteroatoms. The van der Waals surface area contributed by atoms with Gasteiger partial charge >= 0.3 is 5.97 Å². The van der Waals surface area contributed by atoms with Gasteiger partial charge in [0.1, 0.15) is 0 Å². The van der Waals surface area contributed by atoms with Crippen molar-refractivity contribution in [1.29, 1.82) is 0 Å². The number of carbonyl (C=O) groups excluding carboxylic acids is 2. The minimum atomic E-state index is -0.909. The number of benzene rings is 1. The summed E-state index contributed by atoms with van der Waals surface area (Å²) in [5.74, 6) is -2.40. The molecular formula is C17H22N2O4. The van der Waals surface area contributed by atoms with Crippen LogP contribution in [0.2, 0.25) is 0 Å². The molecule has 23 heavy (non-hydrogen) atoms. The summed E-state index contributed by atoms with van der Waals surface area (Å²) < 4.78 is 0. The molecule has 0 bridgehead atoms. The van der Waals surface area contributed by atoms with Gasteiger partial charge in [0.15, 0.2) is 0 Å². The predicted octanol–water partition coefficient (Wildman–Crippen LogP) is 2.86. The molecule has 0 unspecified atom stereocenters. The van der Waals surface area contributed by atoms with Crippen LogP contribution in [0.1, 0.15) is 39.0 Å². The Kier molecular flexibility index (Phi) is 5.73. The second-order valence-corrected chi connectivity index (χ2v) is 5.81. The number of hydrogen-bond donors (Lipinski definition) is 3. The summed E-state index contributed by atoms with van der Waals surface area (Å²) in [6.45, 7) is 1.76. The fourth-order valence-electron chi connectivity index (χ4n) is 2.90. The molecule has 2 amide bonds. The van der Waals surface area contributed by atoms with Crippen molar-refractivity contribution in [3.05, 3.63) is 24.3 Å². The third-order valence-electron chi connectivity index (χ3n) is 4.15. The maximum absolute atomic E-state index is 12.4. The Morgan fingerprint density at radius 3 is 2.30 bits per heavy atom. The fraction of sp³-hybridized carbons (Fsp3) is 0.471. The maximum atomic E-state index is 12.4. The monoisotopic (exact) mass is 318 g/mol. The number of carbonyl (C=O) groups is 3. The van der Waals surface area contributed by atoms with Crippen LogP contribution in [0.15, 0.2) is 24.3 Å². The molecule has 1 aromatic carbocycles. The Morgan fingerprint density at radius 2 is 1.70 bits per heavy atom. The van der Waals surface area contributed by atoms with Gasteiger partial charge in [0, 0.05) is 17.8 Å². The van der Waals surface area contributed by atoms with E-state index < -0.39 is 17.8 Å². The summed E-state index contributed by atoms with van der Waals surface area (Å²) in [5, 5.41) is 14.8. The molecular weight excluding hydrogens is 296 g/mol. The van der Waals surface area contributed by atoms with E-state index in [-0.39, 0.29) is 11.8 Å². The average Bonchev–Trinajstić information content (AvgIpc) is 2.55. The van der Waals surface area contributed by atoms with Crippen molar-refractivity contribution in [3.8, 4) is 0 Å². The summed E-state index contributed by atoms with van der Waals surface area (Å²) in [7, 11) is 0. The Bertz CT molecular complexity index is 600. The van der Waals surface area contributed by atoms with Crippen LogP contribution >= 0.6 is 0 Å². The zero-order chi connectivity index (χ0) is 16.8. The Balaban J connectivity index is 2.05. The normalized spacial score (nSPS) is 20.6. The first-order chi connectivity index (χ1) is 11.0. The first-order valence-corrected chi connectivity index (χ1v) is 7.95. The van der Waals surface area contributed by atoms with Crippen LogP contribution < -0.4 is 10.6 Å². The molecule has 1 fully saturated rings. The average molecular weight is 318 g/mol. The summed E-state index contributed by atoms with van der Waals surface area (Å²) >= 11 is 0. The molecule has 0 heterocycles. The summed E-state index contributed by atoms with van der Waals surface area (Å²) in [5.41, 5.74) is 1.16. The smallest absolute Gasteiger partial charge is 0.307 e. The molecule has 0 saturated heterocycles. The Morgan fingerprint density at radius 1 is 1.09 bits per heavy atom. The van der Waals surface area contributed by atoms with E-state index in [0.717, 1.165) is 12.8 Å². The fourth-order valence-corrected chi connectivity index (χ4v) is 2.90. The molecule has 6 nitrogen and oxygen atoms in total. The van der Waals surface area contributed by atoms with Crippen molar-refractivity contribution in [2.75, 3.05) is 10.6 Å². The van der Waals surface area contributed by atoms with E-state index >= 15 is 0 Å². The largest absolute Gasteiger partial charge is 0.481 e. The van der Waals surface area contributed by atoms with Gasteiger partial charge in [-0.2, -0.15) is 0 Å². The number of rotatable bonds is 5. The highest BCUT2D eigenvalue weighted by molar-refractivity contribution is 5.96. The van der Waals surface area contributed by atoms with E-state index in [9.17, 15) is 19.5 Å². The third-order valence-corrected chi connectivity index (χ3v) is 4.15. The topological polar surface area (TPSA) is 95.5 Å². The van der Waals surface area contributed by atoms with Crippen molar-refractivity contribution in [1.82, 2.24) is 0 Å². The molecule has 2 atom stereocenters. The van der Waals surface area contributed by atoms with E-state index in [4.69, 9.17) is 0 Å². The van der Waals surface area contributed by atoms with Crippen LogP contribution in [0.3, 0.4) is 0 Å². The van der Waals surface area contributed by atoms with Crippen LogP contribution in [0.4, 0.5) is 11.4 Å². The first kappa shape index (κ1) is 17.0. The van der Waals surface area contributed by atoms with Crippen molar-refractivity contribution in [2.24, 2.45) is 11.8 Å². The number of carboxylic acid groups (broad SMARTS) is 1. The molecule has 1 saturated carbocycles. The van der Waals surface area contributed by atoms with E-state index in [0.29, 0.717) is 30.6 Å². The van der Waals surface area contributed by atoms with Crippen LogP contribution in [0.5, 0.6) is 0 Å². The number of amides is 2. The highest BCUT2D eigenvalue weighted by Crippen LogP contribution is 2.31. The third kappa shape index (κ3) is 4.55. The number of aliphatic carboxylic acids is 1. The number of nitrogens with one attached hydrogen (secondary N) is 2. The Labute approximate surface area is 135 Å². The van der Waals surface area contributed by atoms with Crippen LogP contribution in [-0.2, 0) is 14.4 Å². The standard InChI is InChI=1S/C17H22N2O4/c1-2-15(20)18-11-6-5-7-12(10-11)19-16(21)13-8-3-4-9-14(13)17(22)23/h5-7,10,13-14H,2-4,8-9H2,1H3,(H,18,20)(H,19,21)(H,22,23)/t13-,14-/m1/s1. The number of carboxylic acids is 1. The summed E-state index contributed by atoms with van der Waals surface area (Å²) in [6.07, 6.45) is 3.22. The molecule has 1 aliphatic carbocycles. The minimum absolute atomic E-state index is 0.105. The van der Waals surface area contributed by atoms with Crippen LogP contribution in [-0.4, -0.2) is 22.9 Å².